The van der Waals surface area contributed by atoms with Crippen molar-refractivity contribution in [3.8, 4) is 0 Å². The van der Waals surface area contributed by atoms with E-state index in [1.807, 2.05) is 6.07 Å². The highest BCUT2D eigenvalue weighted by atomic mass is 32.2. The molecule has 0 spiro atoms. The molecule has 156 valence electrons. The third-order valence-corrected chi connectivity index (χ3v) is 8.14. The van der Waals surface area contributed by atoms with Crippen molar-refractivity contribution in [2.45, 2.75) is 31.1 Å². The van der Waals surface area contributed by atoms with E-state index in [-0.39, 0.29) is 10.8 Å². The number of nitrogens with zero attached hydrogens (tertiary/aromatic N) is 2. The highest BCUT2D eigenvalue weighted by Gasteiger charge is 2.23. The fourth-order valence-corrected chi connectivity index (χ4v) is 5.84. The molecule has 1 atom stereocenters. The molecular weight excluding hydrogens is 418 g/mol. The van der Waals surface area contributed by atoms with E-state index in [0.29, 0.717) is 22.3 Å². The lowest BCUT2D eigenvalue weighted by Crippen LogP contribution is -2.26. The molecule has 0 saturated carbocycles. The summed E-state index contributed by atoms with van der Waals surface area (Å²) in [4.78, 5) is 18.5. The van der Waals surface area contributed by atoms with Crippen LogP contribution in [0.4, 0.5) is 10.8 Å². The molecule has 0 bridgehead atoms. The van der Waals surface area contributed by atoms with Crippen LogP contribution in [0, 0.1) is 5.92 Å². The molecular formula is C22H23N3O3S2. The van der Waals surface area contributed by atoms with Gasteiger partial charge in [0.05, 0.1) is 16.3 Å². The van der Waals surface area contributed by atoms with Gasteiger partial charge in [-0.3, -0.25) is 14.4 Å². The van der Waals surface area contributed by atoms with Crippen molar-refractivity contribution in [1.82, 2.24) is 4.98 Å². The Kier molecular flexibility index (Phi) is 5.62. The van der Waals surface area contributed by atoms with Crippen LogP contribution in [0.15, 0.2) is 59.5 Å². The van der Waals surface area contributed by atoms with Gasteiger partial charge in [-0.2, -0.15) is 0 Å². The SMILES string of the molecule is CC1CCc2nc(NC(=O)c3ccc(S(=O)(=O)N(C)c4ccccc4)cc3)sc2C1. The first-order chi connectivity index (χ1) is 14.3. The van der Waals surface area contributed by atoms with Gasteiger partial charge in [-0.15, -0.1) is 11.3 Å². The summed E-state index contributed by atoms with van der Waals surface area (Å²) in [6.45, 7) is 2.23. The minimum Gasteiger partial charge on any atom is -0.298 e. The number of anilines is 2. The molecule has 4 rings (SSSR count). The van der Waals surface area contributed by atoms with Gasteiger partial charge in [-0.25, -0.2) is 13.4 Å². The Morgan fingerprint density at radius 2 is 1.83 bits per heavy atom. The fraction of sp³-hybridized carbons (Fsp3) is 0.273. The topological polar surface area (TPSA) is 79.4 Å². The van der Waals surface area contributed by atoms with E-state index < -0.39 is 10.0 Å². The number of nitrogens with one attached hydrogen (secondary N) is 1. The number of benzene rings is 2. The second kappa shape index (κ2) is 8.20. The van der Waals surface area contributed by atoms with E-state index in [0.717, 1.165) is 25.0 Å². The zero-order valence-corrected chi connectivity index (χ0v) is 18.5. The average molecular weight is 442 g/mol. The van der Waals surface area contributed by atoms with Crippen LogP contribution in [0.5, 0.6) is 0 Å². The van der Waals surface area contributed by atoms with Gasteiger partial charge in [0.25, 0.3) is 15.9 Å². The van der Waals surface area contributed by atoms with Crippen molar-refractivity contribution in [2.75, 3.05) is 16.7 Å². The zero-order valence-electron chi connectivity index (χ0n) is 16.8. The van der Waals surface area contributed by atoms with Gasteiger partial charge in [-0.05, 0) is 61.6 Å². The number of amides is 1. The summed E-state index contributed by atoms with van der Waals surface area (Å²) >= 11 is 1.53. The monoisotopic (exact) mass is 441 g/mol. The summed E-state index contributed by atoms with van der Waals surface area (Å²) < 4.78 is 26.9. The molecule has 1 heterocycles. The van der Waals surface area contributed by atoms with Crippen molar-refractivity contribution < 1.29 is 13.2 Å². The number of rotatable bonds is 5. The third kappa shape index (κ3) is 4.11. The summed E-state index contributed by atoms with van der Waals surface area (Å²) in [5.74, 6) is 0.347. The molecule has 0 saturated heterocycles. The lowest BCUT2D eigenvalue weighted by Gasteiger charge is -2.19. The number of carbonyl (C=O) groups excluding carboxylic acids is 1. The third-order valence-electron chi connectivity index (χ3n) is 5.30. The van der Waals surface area contributed by atoms with Crippen molar-refractivity contribution in [2.24, 2.45) is 5.92 Å². The van der Waals surface area contributed by atoms with Gasteiger partial charge >= 0.3 is 0 Å². The number of fused-ring (bicyclic) bond motifs is 1. The normalized spacial score (nSPS) is 16.0. The molecule has 0 fully saturated rings. The van der Waals surface area contributed by atoms with Gasteiger partial charge in [0.1, 0.15) is 0 Å². The first kappa shape index (κ1) is 20.6. The fourth-order valence-electron chi connectivity index (χ4n) is 3.48. The lowest BCUT2D eigenvalue weighted by atomic mass is 9.93. The summed E-state index contributed by atoms with van der Waals surface area (Å²) in [6.07, 6.45) is 3.08. The standard InChI is InChI=1S/C22H23N3O3S2/c1-15-8-13-19-20(14-15)29-22(23-19)24-21(26)16-9-11-18(12-10-16)30(27,28)25(2)17-6-4-3-5-7-17/h3-7,9-12,15H,8,13-14H2,1-2H3,(H,23,24,26). The van der Waals surface area contributed by atoms with E-state index in [9.17, 15) is 13.2 Å². The van der Waals surface area contributed by atoms with Crippen molar-refractivity contribution >= 4 is 38.1 Å². The van der Waals surface area contributed by atoms with Crippen LogP contribution in [0.25, 0.3) is 0 Å². The number of aromatic nitrogens is 1. The van der Waals surface area contributed by atoms with Crippen LogP contribution in [0.2, 0.25) is 0 Å². The molecule has 1 aliphatic carbocycles. The summed E-state index contributed by atoms with van der Waals surface area (Å²) in [5, 5.41) is 3.44. The van der Waals surface area contributed by atoms with E-state index in [2.05, 4.69) is 17.2 Å². The van der Waals surface area contributed by atoms with Crippen LogP contribution in [0.1, 0.15) is 34.3 Å². The summed E-state index contributed by atoms with van der Waals surface area (Å²) in [6, 6.07) is 14.8. The Morgan fingerprint density at radius 3 is 2.53 bits per heavy atom. The van der Waals surface area contributed by atoms with E-state index in [4.69, 9.17) is 0 Å². The smallest absolute Gasteiger partial charge is 0.264 e. The van der Waals surface area contributed by atoms with E-state index in [1.54, 1.807) is 24.3 Å². The average Bonchev–Trinajstić information content (AvgIpc) is 3.15. The second-order valence-electron chi connectivity index (χ2n) is 7.52. The van der Waals surface area contributed by atoms with Crippen LogP contribution < -0.4 is 9.62 Å². The maximum atomic E-state index is 12.9. The molecule has 30 heavy (non-hydrogen) atoms. The van der Waals surface area contributed by atoms with Gasteiger partial charge in [0, 0.05) is 17.5 Å². The van der Waals surface area contributed by atoms with Crippen LogP contribution in [-0.2, 0) is 22.9 Å². The highest BCUT2D eigenvalue weighted by molar-refractivity contribution is 7.92. The van der Waals surface area contributed by atoms with Gasteiger partial charge < -0.3 is 0 Å². The molecule has 0 aliphatic heterocycles. The minimum atomic E-state index is -3.71. The van der Waals surface area contributed by atoms with Gasteiger partial charge in [0.2, 0.25) is 0 Å². The molecule has 6 nitrogen and oxygen atoms in total. The molecule has 0 radical (unpaired) electrons. The Morgan fingerprint density at radius 1 is 1.13 bits per heavy atom. The van der Waals surface area contributed by atoms with E-state index in [1.165, 1.54) is 51.8 Å². The van der Waals surface area contributed by atoms with Crippen molar-refractivity contribution in [3.63, 3.8) is 0 Å². The maximum Gasteiger partial charge on any atom is 0.264 e. The lowest BCUT2D eigenvalue weighted by molar-refractivity contribution is 0.102. The second-order valence-corrected chi connectivity index (χ2v) is 10.6. The van der Waals surface area contributed by atoms with Crippen LogP contribution >= 0.6 is 11.3 Å². The maximum absolute atomic E-state index is 12.9. The molecule has 8 heteroatoms. The van der Waals surface area contributed by atoms with Crippen molar-refractivity contribution in [3.05, 3.63) is 70.7 Å². The number of carbonyl (C=O) groups is 1. The first-order valence-corrected chi connectivity index (χ1v) is 12.0. The molecule has 1 aromatic heterocycles. The molecule has 2 aromatic carbocycles. The largest absolute Gasteiger partial charge is 0.298 e. The Labute approximate surface area is 180 Å². The predicted molar refractivity (Wildman–Crippen MR) is 120 cm³/mol. The van der Waals surface area contributed by atoms with Gasteiger partial charge in [0.15, 0.2) is 5.13 Å². The molecule has 1 aliphatic rings. The summed E-state index contributed by atoms with van der Waals surface area (Å²) in [5.41, 5.74) is 2.04. The number of aryl methyl sites for hydroxylation is 1. The number of hydrogen-bond donors (Lipinski definition) is 1. The zero-order chi connectivity index (χ0) is 21.3. The Hall–Kier alpha value is -2.71. The van der Waals surface area contributed by atoms with Crippen LogP contribution in [-0.4, -0.2) is 26.4 Å². The number of para-hydroxylation sites is 1. The van der Waals surface area contributed by atoms with Crippen molar-refractivity contribution in [1.29, 1.82) is 0 Å². The number of hydrogen-bond acceptors (Lipinski definition) is 5. The molecule has 1 amide bonds. The molecule has 1 N–H and O–H groups in total. The highest BCUT2D eigenvalue weighted by Crippen LogP contribution is 2.32. The Balaban J connectivity index is 1.49. The first-order valence-electron chi connectivity index (χ1n) is 9.78. The quantitative estimate of drug-likeness (QED) is 0.639. The number of thiazole rings is 1. The van der Waals surface area contributed by atoms with E-state index >= 15 is 0 Å². The predicted octanol–water partition coefficient (Wildman–Crippen LogP) is 4.35. The Bertz CT molecular complexity index is 1160. The van der Waals surface area contributed by atoms with Gasteiger partial charge in [-0.1, -0.05) is 25.1 Å². The molecule has 3 aromatic rings. The minimum absolute atomic E-state index is 0.129. The summed E-state index contributed by atoms with van der Waals surface area (Å²) in [7, 11) is -2.20. The molecule has 1 unspecified atom stereocenters. The number of sulfonamides is 1. The van der Waals surface area contributed by atoms with Crippen LogP contribution in [0.3, 0.4) is 0 Å².